The van der Waals surface area contributed by atoms with Gasteiger partial charge in [-0.1, -0.05) is 29.8 Å². The molecule has 0 atom stereocenters. The Morgan fingerprint density at radius 3 is 2.83 bits per heavy atom. The first-order valence-corrected chi connectivity index (χ1v) is 5.86. The van der Waals surface area contributed by atoms with E-state index >= 15 is 0 Å². The standard InChI is InChI=1S/C13H17N5/c1-10-3-2-4-11(7-10)5-6-16-12-8-15-9-13(17-12)18-14/h2-4,7-9H,5-6,14H2,1H3,(H2,16,17,18). The summed E-state index contributed by atoms with van der Waals surface area (Å²) in [5.41, 5.74) is 5.06. The molecule has 0 radical (unpaired) electrons. The van der Waals surface area contributed by atoms with Gasteiger partial charge in [0.15, 0.2) is 5.82 Å². The van der Waals surface area contributed by atoms with Crippen LogP contribution in [0.5, 0.6) is 0 Å². The smallest absolute Gasteiger partial charge is 0.160 e. The molecule has 0 unspecified atom stereocenters. The molecule has 0 aliphatic heterocycles. The number of hydrogen-bond donors (Lipinski definition) is 3. The second kappa shape index (κ2) is 5.97. The molecule has 5 heteroatoms. The summed E-state index contributed by atoms with van der Waals surface area (Å²) in [5.74, 6) is 6.55. The van der Waals surface area contributed by atoms with Crippen molar-refractivity contribution >= 4 is 11.6 Å². The lowest BCUT2D eigenvalue weighted by atomic mass is 10.1. The number of nitrogen functional groups attached to an aromatic ring is 1. The van der Waals surface area contributed by atoms with Crippen LogP contribution in [-0.4, -0.2) is 16.5 Å². The number of aryl methyl sites for hydroxylation is 1. The summed E-state index contributed by atoms with van der Waals surface area (Å²) < 4.78 is 0. The monoisotopic (exact) mass is 243 g/mol. The van der Waals surface area contributed by atoms with E-state index in [1.807, 2.05) is 0 Å². The third-order valence-corrected chi connectivity index (χ3v) is 2.58. The molecule has 0 bridgehead atoms. The minimum atomic E-state index is 0.551. The maximum absolute atomic E-state index is 5.27. The van der Waals surface area contributed by atoms with Crippen molar-refractivity contribution in [2.75, 3.05) is 17.3 Å². The Hall–Kier alpha value is -2.14. The Morgan fingerprint density at radius 2 is 2.06 bits per heavy atom. The molecule has 2 aromatic rings. The predicted octanol–water partition coefficient (Wildman–Crippen LogP) is 1.73. The van der Waals surface area contributed by atoms with Gasteiger partial charge < -0.3 is 10.7 Å². The number of hydrazine groups is 1. The fourth-order valence-corrected chi connectivity index (χ4v) is 1.72. The van der Waals surface area contributed by atoms with Gasteiger partial charge in [0.1, 0.15) is 5.82 Å². The highest BCUT2D eigenvalue weighted by molar-refractivity contribution is 5.40. The van der Waals surface area contributed by atoms with Crippen molar-refractivity contribution in [1.29, 1.82) is 0 Å². The molecule has 18 heavy (non-hydrogen) atoms. The van der Waals surface area contributed by atoms with Gasteiger partial charge in [0.05, 0.1) is 12.4 Å². The number of rotatable bonds is 5. The SMILES string of the molecule is Cc1cccc(CCNc2cncc(NN)n2)c1. The van der Waals surface area contributed by atoms with Crippen molar-refractivity contribution in [2.45, 2.75) is 13.3 Å². The van der Waals surface area contributed by atoms with E-state index in [-0.39, 0.29) is 0 Å². The van der Waals surface area contributed by atoms with E-state index in [4.69, 9.17) is 5.84 Å². The zero-order chi connectivity index (χ0) is 12.8. The van der Waals surface area contributed by atoms with E-state index in [0.717, 1.165) is 18.8 Å². The molecule has 0 spiro atoms. The second-order valence-electron chi connectivity index (χ2n) is 4.10. The summed E-state index contributed by atoms with van der Waals surface area (Å²) in [4.78, 5) is 8.26. The van der Waals surface area contributed by atoms with Gasteiger partial charge in [-0.05, 0) is 18.9 Å². The highest BCUT2D eigenvalue weighted by atomic mass is 15.3. The Labute approximate surface area is 106 Å². The van der Waals surface area contributed by atoms with Crippen molar-refractivity contribution in [3.8, 4) is 0 Å². The van der Waals surface area contributed by atoms with Gasteiger partial charge in [-0.2, -0.15) is 0 Å². The van der Waals surface area contributed by atoms with Gasteiger partial charge in [0.25, 0.3) is 0 Å². The minimum absolute atomic E-state index is 0.551. The number of hydrogen-bond acceptors (Lipinski definition) is 5. The third-order valence-electron chi connectivity index (χ3n) is 2.58. The molecule has 0 amide bonds. The first-order chi connectivity index (χ1) is 8.78. The summed E-state index contributed by atoms with van der Waals surface area (Å²) in [7, 11) is 0. The third kappa shape index (κ3) is 3.43. The first kappa shape index (κ1) is 12.3. The number of benzene rings is 1. The van der Waals surface area contributed by atoms with E-state index in [1.54, 1.807) is 12.4 Å². The van der Waals surface area contributed by atoms with Crippen LogP contribution >= 0.6 is 0 Å². The van der Waals surface area contributed by atoms with Gasteiger partial charge in [0, 0.05) is 6.54 Å². The van der Waals surface area contributed by atoms with Gasteiger partial charge in [-0.15, -0.1) is 0 Å². The van der Waals surface area contributed by atoms with Gasteiger partial charge in [0.2, 0.25) is 0 Å². The lowest BCUT2D eigenvalue weighted by Crippen LogP contribution is -2.11. The molecule has 94 valence electrons. The number of nitrogens with two attached hydrogens (primary N) is 1. The summed E-state index contributed by atoms with van der Waals surface area (Å²) in [6.45, 7) is 2.91. The molecule has 0 saturated carbocycles. The second-order valence-corrected chi connectivity index (χ2v) is 4.10. The van der Waals surface area contributed by atoms with E-state index < -0.39 is 0 Å². The van der Waals surface area contributed by atoms with Crippen LogP contribution in [0.1, 0.15) is 11.1 Å². The van der Waals surface area contributed by atoms with Crippen LogP contribution in [0.2, 0.25) is 0 Å². The molecule has 0 aliphatic rings. The summed E-state index contributed by atoms with van der Waals surface area (Å²) in [6, 6.07) is 8.48. The van der Waals surface area contributed by atoms with Crippen molar-refractivity contribution in [3.05, 3.63) is 47.8 Å². The van der Waals surface area contributed by atoms with Gasteiger partial charge in [-0.3, -0.25) is 4.98 Å². The van der Waals surface area contributed by atoms with Crippen LogP contribution in [0.3, 0.4) is 0 Å². The quantitative estimate of drug-likeness (QED) is 0.550. The van der Waals surface area contributed by atoms with Crippen molar-refractivity contribution in [1.82, 2.24) is 9.97 Å². The molecule has 4 N–H and O–H groups in total. The maximum Gasteiger partial charge on any atom is 0.160 e. The maximum atomic E-state index is 5.27. The van der Waals surface area contributed by atoms with Gasteiger partial charge >= 0.3 is 0 Å². The summed E-state index contributed by atoms with van der Waals surface area (Å²) in [5, 5.41) is 3.22. The average Bonchev–Trinajstić information content (AvgIpc) is 2.39. The van der Waals surface area contributed by atoms with E-state index in [0.29, 0.717) is 5.82 Å². The lowest BCUT2D eigenvalue weighted by molar-refractivity contribution is 0.996. The Kier molecular flexibility index (Phi) is 4.09. The highest BCUT2D eigenvalue weighted by Crippen LogP contribution is 2.07. The molecule has 1 aromatic heterocycles. The number of nitrogens with zero attached hydrogens (tertiary/aromatic N) is 2. The first-order valence-electron chi connectivity index (χ1n) is 5.86. The van der Waals surface area contributed by atoms with Crippen LogP contribution in [0.15, 0.2) is 36.7 Å². The van der Waals surface area contributed by atoms with Crippen molar-refractivity contribution in [2.24, 2.45) is 5.84 Å². The van der Waals surface area contributed by atoms with Crippen LogP contribution < -0.4 is 16.6 Å². The molecule has 5 nitrogen and oxygen atoms in total. The zero-order valence-electron chi connectivity index (χ0n) is 10.4. The average molecular weight is 243 g/mol. The molecular weight excluding hydrogens is 226 g/mol. The van der Waals surface area contributed by atoms with Crippen LogP contribution in [-0.2, 0) is 6.42 Å². The Morgan fingerprint density at radius 1 is 1.22 bits per heavy atom. The largest absolute Gasteiger partial charge is 0.368 e. The Bertz CT molecular complexity index is 512. The summed E-state index contributed by atoms with van der Waals surface area (Å²) in [6.07, 6.45) is 4.20. The normalized spacial score (nSPS) is 10.1. The molecule has 1 heterocycles. The molecule has 0 aliphatic carbocycles. The topological polar surface area (TPSA) is 75.9 Å². The fraction of sp³-hybridized carbons (Fsp3) is 0.231. The predicted molar refractivity (Wildman–Crippen MR) is 73.2 cm³/mol. The molecule has 0 fully saturated rings. The van der Waals surface area contributed by atoms with E-state index in [1.165, 1.54) is 11.1 Å². The number of anilines is 2. The molecule has 1 aromatic carbocycles. The van der Waals surface area contributed by atoms with Crippen molar-refractivity contribution < 1.29 is 0 Å². The number of aromatic nitrogens is 2. The molecule has 2 rings (SSSR count). The molecule has 0 saturated heterocycles. The van der Waals surface area contributed by atoms with Crippen LogP contribution in [0, 0.1) is 6.92 Å². The van der Waals surface area contributed by atoms with E-state index in [9.17, 15) is 0 Å². The number of nitrogens with one attached hydrogen (secondary N) is 2. The highest BCUT2D eigenvalue weighted by Gasteiger charge is 1.97. The lowest BCUT2D eigenvalue weighted by Gasteiger charge is -2.07. The fourth-order valence-electron chi connectivity index (χ4n) is 1.72. The Balaban J connectivity index is 1.88. The molecular formula is C13H17N5. The van der Waals surface area contributed by atoms with Crippen molar-refractivity contribution in [3.63, 3.8) is 0 Å². The van der Waals surface area contributed by atoms with Crippen LogP contribution in [0.4, 0.5) is 11.6 Å². The zero-order valence-corrected chi connectivity index (χ0v) is 10.4. The van der Waals surface area contributed by atoms with Crippen LogP contribution in [0.25, 0.3) is 0 Å². The summed E-state index contributed by atoms with van der Waals surface area (Å²) >= 11 is 0. The minimum Gasteiger partial charge on any atom is -0.368 e. The van der Waals surface area contributed by atoms with Gasteiger partial charge in [-0.25, -0.2) is 10.8 Å². The van der Waals surface area contributed by atoms with E-state index in [2.05, 4.69) is 51.9 Å².